The Balaban J connectivity index is 1.57. The van der Waals surface area contributed by atoms with E-state index in [1.807, 2.05) is 85.8 Å². The Labute approximate surface area is 198 Å². The summed E-state index contributed by atoms with van der Waals surface area (Å²) >= 11 is 4.74. The van der Waals surface area contributed by atoms with Crippen molar-refractivity contribution >= 4 is 39.3 Å². The number of aliphatic hydroxyl groups is 1. The van der Waals surface area contributed by atoms with Crippen LogP contribution in [0.15, 0.2) is 88.5 Å². The highest BCUT2D eigenvalue weighted by Crippen LogP contribution is 2.29. The van der Waals surface area contributed by atoms with Crippen molar-refractivity contribution in [2.75, 3.05) is 11.1 Å². The number of carbonyl (C=O) groups excluding carboxylic acids is 1. The fourth-order valence-corrected chi connectivity index (χ4v) is 4.55. The molecule has 32 heavy (non-hydrogen) atoms. The van der Waals surface area contributed by atoms with Gasteiger partial charge in [0.05, 0.1) is 11.4 Å². The van der Waals surface area contributed by atoms with Crippen LogP contribution < -0.4 is 5.32 Å². The first-order chi connectivity index (χ1) is 15.5. The van der Waals surface area contributed by atoms with Crippen LogP contribution in [-0.2, 0) is 4.79 Å². The van der Waals surface area contributed by atoms with Crippen molar-refractivity contribution < 1.29 is 9.90 Å². The minimum atomic E-state index is -0.949. The number of anilines is 1. The van der Waals surface area contributed by atoms with Gasteiger partial charge in [0.15, 0.2) is 11.0 Å². The molecule has 4 aromatic rings. The highest BCUT2D eigenvalue weighted by molar-refractivity contribution is 9.10. The molecule has 1 atom stereocenters. The Morgan fingerprint density at radius 3 is 2.44 bits per heavy atom. The maximum Gasteiger partial charge on any atom is 0.234 e. The lowest BCUT2D eigenvalue weighted by Crippen LogP contribution is -2.15. The van der Waals surface area contributed by atoms with E-state index in [2.05, 4.69) is 31.4 Å². The molecule has 8 heteroatoms. The highest BCUT2D eigenvalue weighted by atomic mass is 79.9. The number of hydrogen-bond acceptors (Lipinski definition) is 5. The van der Waals surface area contributed by atoms with Gasteiger partial charge in [-0.2, -0.15) is 0 Å². The van der Waals surface area contributed by atoms with E-state index < -0.39 is 6.10 Å². The molecule has 0 aliphatic heterocycles. The van der Waals surface area contributed by atoms with Crippen LogP contribution in [0.4, 0.5) is 5.69 Å². The molecule has 0 bridgehead atoms. The van der Waals surface area contributed by atoms with Crippen LogP contribution in [0.2, 0.25) is 0 Å². The third kappa shape index (κ3) is 5.09. The van der Waals surface area contributed by atoms with Crippen molar-refractivity contribution in [2.24, 2.45) is 0 Å². The molecule has 1 amide bonds. The van der Waals surface area contributed by atoms with Gasteiger partial charge in [-0.3, -0.25) is 9.36 Å². The largest absolute Gasteiger partial charge is 0.380 e. The van der Waals surface area contributed by atoms with E-state index in [-0.39, 0.29) is 11.7 Å². The second-order valence-electron chi connectivity index (χ2n) is 7.15. The fourth-order valence-electron chi connectivity index (χ4n) is 3.19. The van der Waals surface area contributed by atoms with E-state index in [1.165, 1.54) is 11.8 Å². The van der Waals surface area contributed by atoms with Crippen molar-refractivity contribution in [1.82, 2.24) is 14.8 Å². The standard InChI is InChI=1S/C24H21BrN4O2S/c1-16-12-13-20(19(25)14-16)26-21(30)15-32-24-28-27-23(22(31)17-8-4-2-5-9-17)29(24)18-10-6-3-7-11-18/h2-14,22,31H,15H2,1H3,(H,26,30)/t22-/m1/s1. The minimum Gasteiger partial charge on any atom is -0.380 e. The molecule has 0 spiro atoms. The van der Waals surface area contributed by atoms with Crippen molar-refractivity contribution in [1.29, 1.82) is 0 Å². The summed E-state index contributed by atoms with van der Waals surface area (Å²) in [6.07, 6.45) is -0.949. The van der Waals surface area contributed by atoms with Crippen LogP contribution in [0.25, 0.3) is 5.69 Å². The Morgan fingerprint density at radius 1 is 1.06 bits per heavy atom. The summed E-state index contributed by atoms with van der Waals surface area (Å²) in [5.74, 6) is 0.381. The lowest BCUT2D eigenvalue weighted by atomic mass is 10.1. The highest BCUT2D eigenvalue weighted by Gasteiger charge is 2.22. The molecule has 1 aromatic heterocycles. The fraction of sp³-hybridized carbons (Fsp3) is 0.125. The summed E-state index contributed by atoms with van der Waals surface area (Å²) in [7, 11) is 0. The van der Waals surface area contributed by atoms with E-state index in [0.717, 1.165) is 21.3 Å². The van der Waals surface area contributed by atoms with Gasteiger partial charge >= 0.3 is 0 Å². The first kappa shape index (κ1) is 22.3. The third-order valence-electron chi connectivity index (χ3n) is 4.76. The molecule has 0 fully saturated rings. The molecule has 6 nitrogen and oxygen atoms in total. The van der Waals surface area contributed by atoms with Gasteiger partial charge in [0.1, 0.15) is 6.10 Å². The summed E-state index contributed by atoms with van der Waals surface area (Å²) in [5.41, 5.74) is 3.35. The summed E-state index contributed by atoms with van der Waals surface area (Å²) in [6, 6.07) is 24.6. The summed E-state index contributed by atoms with van der Waals surface area (Å²) in [6.45, 7) is 1.99. The Bertz CT molecular complexity index is 1220. The molecular formula is C24H21BrN4O2S. The molecule has 1 heterocycles. The molecule has 0 radical (unpaired) electrons. The number of nitrogens with one attached hydrogen (secondary N) is 1. The predicted molar refractivity (Wildman–Crippen MR) is 130 cm³/mol. The van der Waals surface area contributed by atoms with Crippen LogP contribution in [0, 0.1) is 6.92 Å². The molecular weight excluding hydrogens is 488 g/mol. The van der Waals surface area contributed by atoms with Crippen molar-refractivity contribution in [3.8, 4) is 5.69 Å². The third-order valence-corrected chi connectivity index (χ3v) is 6.35. The lowest BCUT2D eigenvalue weighted by molar-refractivity contribution is -0.113. The number of aromatic nitrogens is 3. The number of rotatable bonds is 7. The average Bonchev–Trinajstić information content (AvgIpc) is 3.24. The van der Waals surface area contributed by atoms with Gasteiger partial charge in [-0.25, -0.2) is 0 Å². The van der Waals surface area contributed by atoms with Crippen molar-refractivity contribution in [2.45, 2.75) is 18.2 Å². The first-order valence-electron chi connectivity index (χ1n) is 9.95. The van der Waals surface area contributed by atoms with Gasteiger partial charge in [0, 0.05) is 10.2 Å². The van der Waals surface area contributed by atoms with Crippen LogP contribution in [-0.4, -0.2) is 31.5 Å². The number of aliphatic hydroxyl groups excluding tert-OH is 1. The monoisotopic (exact) mass is 508 g/mol. The number of carbonyl (C=O) groups is 1. The zero-order chi connectivity index (χ0) is 22.5. The topological polar surface area (TPSA) is 80.0 Å². The van der Waals surface area contributed by atoms with Crippen LogP contribution in [0.1, 0.15) is 23.1 Å². The summed E-state index contributed by atoms with van der Waals surface area (Å²) in [4.78, 5) is 12.6. The zero-order valence-corrected chi connectivity index (χ0v) is 19.7. The van der Waals surface area contributed by atoms with E-state index in [4.69, 9.17) is 0 Å². The number of aryl methyl sites for hydroxylation is 1. The lowest BCUT2D eigenvalue weighted by Gasteiger charge is -2.14. The van der Waals surface area contributed by atoms with E-state index in [0.29, 0.717) is 16.7 Å². The molecule has 0 aliphatic rings. The Kier molecular flexibility index (Phi) is 7.04. The average molecular weight is 509 g/mol. The second kappa shape index (κ2) is 10.1. The number of para-hydroxylation sites is 1. The van der Waals surface area contributed by atoms with Gasteiger partial charge in [-0.05, 0) is 58.2 Å². The van der Waals surface area contributed by atoms with Gasteiger partial charge < -0.3 is 10.4 Å². The smallest absolute Gasteiger partial charge is 0.234 e. The van der Waals surface area contributed by atoms with Gasteiger partial charge in [-0.1, -0.05) is 66.4 Å². The number of thioether (sulfide) groups is 1. The quantitative estimate of drug-likeness (QED) is 0.337. The minimum absolute atomic E-state index is 0.146. The number of amides is 1. The van der Waals surface area contributed by atoms with Crippen LogP contribution >= 0.6 is 27.7 Å². The van der Waals surface area contributed by atoms with E-state index >= 15 is 0 Å². The van der Waals surface area contributed by atoms with E-state index in [9.17, 15) is 9.90 Å². The SMILES string of the molecule is Cc1ccc(NC(=O)CSc2nnc([C@H](O)c3ccccc3)n2-c2ccccc2)c(Br)c1. The molecule has 0 aliphatic carbocycles. The maximum atomic E-state index is 12.6. The second-order valence-corrected chi connectivity index (χ2v) is 8.94. The summed E-state index contributed by atoms with van der Waals surface area (Å²) < 4.78 is 2.62. The first-order valence-corrected chi connectivity index (χ1v) is 11.7. The van der Waals surface area contributed by atoms with Crippen LogP contribution in [0.3, 0.4) is 0 Å². The molecule has 0 saturated heterocycles. The van der Waals surface area contributed by atoms with Crippen molar-refractivity contribution in [3.63, 3.8) is 0 Å². The zero-order valence-electron chi connectivity index (χ0n) is 17.3. The van der Waals surface area contributed by atoms with Crippen LogP contribution in [0.5, 0.6) is 0 Å². The predicted octanol–water partition coefficient (Wildman–Crippen LogP) is 5.15. The van der Waals surface area contributed by atoms with Crippen molar-refractivity contribution in [3.05, 3.63) is 100 Å². The molecule has 2 N–H and O–H groups in total. The Hall–Kier alpha value is -2.94. The molecule has 162 valence electrons. The van der Waals surface area contributed by atoms with Gasteiger partial charge in [0.2, 0.25) is 5.91 Å². The number of halogens is 1. The number of benzene rings is 3. The molecule has 0 saturated carbocycles. The number of nitrogens with zero attached hydrogens (tertiary/aromatic N) is 3. The van der Waals surface area contributed by atoms with Gasteiger partial charge in [0.25, 0.3) is 0 Å². The summed E-state index contributed by atoms with van der Waals surface area (Å²) in [5, 5.41) is 22.9. The number of hydrogen-bond donors (Lipinski definition) is 2. The maximum absolute atomic E-state index is 12.6. The molecule has 3 aromatic carbocycles. The molecule has 0 unspecified atom stereocenters. The Morgan fingerprint density at radius 2 is 1.75 bits per heavy atom. The molecule has 4 rings (SSSR count). The normalized spacial score (nSPS) is 11.8. The van der Waals surface area contributed by atoms with E-state index in [1.54, 1.807) is 4.57 Å². The van der Waals surface area contributed by atoms with Gasteiger partial charge in [-0.15, -0.1) is 10.2 Å².